The molecular weight excluding hydrogens is 1330 g/mol. The van der Waals surface area contributed by atoms with Crippen molar-refractivity contribution in [1.29, 1.82) is 0 Å². The van der Waals surface area contributed by atoms with Crippen LogP contribution in [-0.4, -0.2) is 200 Å². The number of nitrogens with one attached hydrogen (secondary N) is 10. The molecule has 6 rings (SSSR count). The summed E-state index contributed by atoms with van der Waals surface area (Å²) in [5, 5.41) is 44.5. The van der Waals surface area contributed by atoms with Gasteiger partial charge < -0.3 is 105 Å². The fourth-order valence-corrected chi connectivity index (χ4v) is 11.4. The molecule has 0 unspecified atom stereocenters. The number of hydrogen-bond donors (Lipinski definition) is 14. The second-order valence-corrected chi connectivity index (χ2v) is 24.8. The Hall–Kier alpha value is -9.14. The van der Waals surface area contributed by atoms with Gasteiger partial charge in [0.15, 0.2) is 0 Å². The van der Waals surface area contributed by atoms with Crippen LogP contribution in [0.15, 0.2) is 85.7 Å². The predicted octanol–water partition coefficient (Wildman–Crippen LogP) is -4.77. The first-order valence-corrected chi connectivity index (χ1v) is 33.2. The molecular formula is C66H96CuN18O14. The van der Waals surface area contributed by atoms with E-state index in [4.69, 9.17) is 22.9 Å². The molecule has 4 heterocycles. The number of carbonyl (C=O) groups excluding carboxylic acids is 12. The van der Waals surface area contributed by atoms with E-state index >= 15 is 0 Å². The second-order valence-electron chi connectivity index (χ2n) is 24.8. The predicted molar refractivity (Wildman–Crippen MR) is 353 cm³/mol. The molecule has 0 saturated carbocycles. The SMILES string of the molecule is CC(C)[C@H](NC(=O)[C@H](Cc1ccccc1)NC(=O)[C@@H]1CCCN1C(=O)[C@H](CCCCN)NC(=O)[C@H](Cc1c[nH]cn1)NC(=O)CN)C(=O)[O-].CC(C)[C@H](NC(=O)[C@H](Cc1ccccc1)NC(=O)[C@@H]1CCCN1C(=O)[C@H](CCCCN)NC(=O)[C@H](Cc1c[nH]cn1)NC(=O)CN)C(=O)[O-].[Cu+2]. The smallest absolute Gasteiger partial charge is 0.548 e. The number of likely N-dealkylation sites (tertiary alicyclic amines) is 2. The number of imidazole rings is 2. The number of aliphatic carboxylic acids is 2. The van der Waals surface area contributed by atoms with Crippen molar-refractivity contribution in [2.24, 2.45) is 34.8 Å². The van der Waals surface area contributed by atoms with Gasteiger partial charge in [-0.25, -0.2) is 9.97 Å². The number of nitrogens with two attached hydrogens (primary N) is 4. The molecule has 32 nitrogen and oxygen atoms in total. The Morgan fingerprint density at radius 3 is 1.12 bits per heavy atom. The van der Waals surface area contributed by atoms with Gasteiger partial charge in [-0.3, -0.25) is 47.9 Å². The number of carboxylic acids is 2. The molecule has 2 aromatic carbocycles. The summed E-state index contributed by atoms with van der Waals surface area (Å²) in [5.41, 5.74) is 24.8. The number of aromatic amines is 2. The van der Waals surface area contributed by atoms with E-state index in [0.717, 1.165) is 11.1 Å². The topological polar surface area (TPSA) is 515 Å². The average Bonchev–Trinajstić information content (AvgIpc) is 1.75. The van der Waals surface area contributed by atoms with Crippen molar-refractivity contribution in [3.05, 3.63) is 108 Å². The van der Waals surface area contributed by atoms with E-state index < -0.39 is 143 Å². The van der Waals surface area contributed by atoms with Crippen LogP contribution in [0.25, 0.3) is 0 Å². The number of unbranched alkanes of at least 4 members (excludes halogenated alkanes) is 2. The maximum atomic E-state index is 14.0. The standard InChI is InChI=1S/2C33H49N9O7.Cu/c2*1-20(2)28(33(48)49)41-30(45)24(15-21-9-4-3-5-10-21)40-31(46)26-12-8-14-42(26)32(47)23(11-6-7-13-34)39-29(44)25(38-27(43)17-35)16-22-18-36-19-37-22;/h2*3-5,9-10,18-20,23-26,28H,6-8,11-17,34-35H2,1-2H3,(H,36,37)(H,38,43)(H,39,44)(H,40,46)(H,41,45)(H,48,49);/q;;+2/p-2/t2*23-,24-,25-,26-,28-;/m00./s1. The normalized spacial score (nSPS) is 16.5. The molecule has 18 N–H and O–H groups in total. The Balaban J connectivity index is 0.000000416. The van der Waals surface area contributed by atoms with Crippen molar-refractivity contribution in [3.8, 4) is 0 Å². The average molecular weight is 1430 g/mol. The molecule has 0 bridgehead atoms. The summed E-state index contributed by atoms with van der Waals surface area (Å²) >= 11 is 0. The maximum Gasteiger partial charge on any atom is 2.00 e. The van der Waals surface area contributed by atoms with Crippen molar-refractivity contribution in [1.82, 2.24) is 72.3 Å². The molecule has 10 amide bonds. The Labute approximate surface area is 585 Å². The van der Waals surface area contributed by atoms with E-state index in [0.29, 0.717) is 75.8 Å². The van der Waals surface area contributed by atoms with Crippen LogP contribution in [0.5, 0.6) is 0 Å². The number of amides is 10. The van der Waals surface area contributed by atoms with E-state index in [-0.39, 0.29) is 81.8 Å². The van der Waals surface area contributed by atoms with Gasteiger partial charge in [0.2, 0.25) is 59.1 Å². The molecule has 99 heavy (non-hydrogen) atoms. The molecule has 2 fully saturated rings. The number of rotatable bonds is 38. The van der Waals surface area contributed by atoms with Gasteiger partial charge in [0.1, 0.15) is 48.3 Å². The largest absolute Gasteiger partial charge is 2.00 e. The molecule has 2 aromatic heterocycles. The number of H-pyrrole nitrogens is 2. The summed E-state index contributed by atoms with van der Waals surface area (Å²) in [4.78, 5) is 174. The molecule has 0 spiro atoms. The molecule has 2 saturated heterocycles. The third-order valence-corrected chi connectivity index (χ3v) is 16.7. The fraction of sp³-hybridized carbons (Fsp3) is 0.545. The van der Waals surface area contributed by atoms with Crippen molar-refractivity contribution < 1.29 is 84.8 Å². The van der Waals surface area contributed by atoms with Gasteiger partial charge in [0.25, 0.3) is 0 Å². The Morgan fingerprint density at radius 2 is 0.818 bits per heavy atom. The van der Waals surface area contributed by atoms with Crippen molar-refractivity contribution in [3.63, 3.8) is 0 Å². The quantitative estimate of drug-likeness (QED) is 0.0148. The third kappa shape index (κ3) is 26.6. The van der Waals surface area contributed by atoms with Crippen LogP contribution in [0.2, 0.25) is 0 Å². The first-order valence-electron chi connectivity index (χ1n) is 33.2. The number of aromatic nitrogens is 4. The minimum atomic E-state index is -1.45. The van der Waals surface area contributed by atoms with Crippen LogP contribution < -0.4 is 75.7 Å². The van der Waals surface area contributed by atoms with Crippen LogP contribution in [0.3, 0.4) is 0 Å². The van der Waals surface area contributed by atoms with Gasteiger partial charge in [0.05, 0.1) is 61.2 Å². The molecule has 0 aliphatic carbocycles. The van der Waals surface area contributed by atoms with E-state index in [2.05, 4.69) is 62.5 Å². The Morgan fingerprint density at radius 1 is 0.475 bits per heavy atom. The molecule has 33 heteroatoms. The van der Waals surface area contributed by atoms with Crippen molar-refractivity contribution in [2.45, 2.75) is 178 Å². The van der Waals surface area contributed by atoms with E-state index in [1.807, 2.05) is 0 Å². The van der Waals surface area contributed by atoms with Crippen LogP contribution in [0.4, 0.5) is 0 Å². The third-order valence-electron chi connectivity index (χ3n) is 16.7. The summed E-state index contributed by atoms with van der Waals surface area (Å²) in [7, 11) is 0. The zero-order chi connectivity index (χ0) is 71.8. The van der Waals surface area contributed by atoms with Crippen molar-refractivity contribution >= 4 is 71.0 Å². The van der Waals surface area contributed by atoms with Crippen LogP contribution in [0.1, 0.15) is 114 Å². The monoisotopic (exact) mass is 1430 g/mol. The van der Waals surface area contributed by atoms with Gasteiger partial charge >= 0.3 is 17.1 Å². The number of hydrogen-bond acceptors (Lipinski definition) is 20. The molecule has 545 valence electrons. The number of nitrogens with zero attached hydrogens (tertiary/aromatic N) is 4. The fourth-order valence-electron chi connectivity index (χ4n) is 11.4. The van der Waals surface area contributed by atoms with Gasteiger partial charge in [-0.1, -0.05) is 88.4 Å². The van der Waals surface area contributed by atoms with Gasteiger partial charge in [-0.2, -0.15) is 0 Å². The minimum absolute atomic E-state index is 0. The molecule has 2 aliphatic rings. The van der Waals surface area contributed by atoms with Gasteiger partial charge in [-0.15, -0.1) is 0 Å². The van der Waals surface area contributed by atoms with E-state index in [1.165, 1.54) is 22.5 Å². The number of carbonyl (C=O) groups is 12. The second kappa shape index (κ2) is 42.6. The van der Waals surface area contributed by atoms with Gasteiger partial charge in [-0.05, 0) is 100 Å². The van der Waals surface area contributed by atoms with Crippen LogP contribution >= 0.6 is 0 Å². The zero-order valence-electron chi connectivity index (χ0n) is 56.3. The number of benzene rings is 2. The molecule has 4 aromatic rings. The summed E-state index contributed by atoms with van der Waals surface area (Å²) in [6.07, 6.45) is 10.5. The van der Waals surface area contributed by atoms with Crippen molar-refractivity contribution in [2.75, 3.05) is 39.3 Å². The van der Waals surface area contributed by atoms with Crippen LogP contribution in [0, 0.1) is 11.8 Å². The summed E-state index contributed by atoms with van der Waals surface area (Å²) in [6, 6.07) is 6.84. The molecule has 2 aliphatic heterocycles. The maximum absolute atomic E-state index is 14.0. The summed E-state index contributed by atoms with van der Waals surface area (Å²) in [6.45, 7) is 7.03. The summed E-state index contributed by atoms with van der Waals surface area (Å²) in [5.74, 6) is -9.78. The molecule has 10 atom stereocenters. The Bertz CT molecular complexity index is 3030. The minimum Gasteiger partial charge on any atom is -0.548 e. The summed E-state index contributed by atoms with van der Waals surface area (Å²) < 4.78 is 0. The Kier molecular flexibility index (Phi) is 35.4. The zero-order valence-corrected chi connectivity index (χ0v) is 57.2. The van der Waals surface area contributed by atoms with E-state index in [9.17, 15) is 67.7 Å². The van der Waals surface area contributed by atoms with E-state index in [1.54, 1.807) is 101 Å². The van der Waals surface area contributed by atoms with Crippen LogP contribution in [-0.2, 0) is 100 Å². The van der Waals surface area contributed by atoms with Gasteiger partial charge in [0, 0.05) is 51.2 Å². The number of carboxylic acid groups (broad SMARTS) is 2. The molecule has 1 radical (unpaired) electrons. The first-order chi connectivity index (χ1) is 46.9. The first kappa shape index (κ1) is 82.3.